The third kappa shape index (κ3) is 5.81. The predicted octanol–water partition coefficient (Wildman–Crippen LogP) is 2.66. The number of halogens is 1. The van der Waals surface area contributed by atoms with Gasteiger partial charge in [-0.2, -0.15) is 0 Å². The molecule has 0 aliphatic heterocycles. The van der Waals surface area contributed by atoms with Crippen molar-refractivity contribution in [3.8, 4) is 5.75 Å². The number of methoxy groups -OCH3 is 1. The van der Waals surface area contributed by atoms with Crippen LogP contribution in [-0.2, 0) is 6.54 Å². The zero-order valence-electron chi connectivity index (χ0n) is 15.5. The third-order valence-corrected chi connectivity index (χ3v) is 4.47. The number of nitrogens with one attached hydrogen (secondary N) is 1. The highest BCUT2D eigenvalue weighted by Gasteiger charge is 2.32. The quantitative estimate of drug-likeness (QED) is 0.397. The van der Waals surface area contributed by atoms with Crippen molar-refractivity contribution in [3.05, 3.63) is 29.8 Å². The first-order valence-electron chi connectivity index (χ1n) is 8.27. The summed E-state index contributed by atoms with van der Waals surface area (Å²) in [6.07, 6.45) is 2.69. The van der Waals surface area contributed by atoms with Gasteiger partial charge in [-0.05, 0) is 38.9 Å². The van der Waals surface area contributed by atoms with Crippen molar-refractivity contribution in [2.24, 2.45) is 10.9 Å². The van der Waals surface area contributed by atoms with Crippen LogP contribution in [0, 0.1) is 5.92 Å². The largest absolute Gasteiger partial charge is 0.496 e. The molecule has 0 amide bonds. The summed E-state index contributed by atoms with van der Waals surface area (Å²) in [7, 11) is 9.92. The highest BCUT2D eigenvalue weighted by molar-refractivity contribution is 14.0. The summed E-state index contributed by atoms with van der Waals surface area (Å²) < 4.78 is 5.44. The van der Waals surface area contributed by atoms with Crippen LogP contribution < -0.4 is 10.1 Å². The van der Waals surface area contributed by atoms with Gasteiger partial charge in [0, 0.05) is 38.8 Å². The van der Waals surface area contributed by atoms with E-state index in [0.717, 1.165) is 36.3 Å². The smallest absolute Gasteiger partial charge is 0.193 e. The van der Waals surface area contributed by atoms with Crippen LogP contribution in [0.3, 0.4) is 0 Å². The molecule has 1 N–H and O–H groups in total. The molecule has 1 atom stereocenters. The van der Waals surface area contributed by atoms with Crippen molar-refractivity contribution in [1.82, 2.24) is 15.1 Å². The molecule has 0 spiro atoms. The standard InChI is InChI=1S/C18H30N4O.HI/c1-19-18(20-12-16(21(2)3)14-10-11-14)22(4)13-15-8-6-7-9-17(15)23-5;/h6-9,14,16H,10-13H2,1-5H3,(H,19,20);1H. The number of likely N-dealkylation sites (N-methyl/N-ethyl adjacent to an activating group) is 1. The molecule has 0 bridgehead atoms. The highest BCUT2D eigenvalue weighted by Crippen LogP contribution is 2.34. The Balaban J connectivity index is 0.00000288. The first-order valence-corrected chi connectivity index (χ1v) is 8.27. The fraction of sp³-hybridized carbons (Fsp3) is 0.611. The molecule has 1 aliphatic carbocycles. The van der Waals surface area contributed by atoms with Crippen molar-refractivity contribution >= 4 is 29.9 Å². The Bertz CT molecular complexity index is 530. The predicted molar refractivity (Wildman–Crippen MR) is 111 cm³/mol. The summed E-state index contributed by atoms with van der Waals surface area (Å²) in [6, 6.07) is 8.69. The zero-order valence-corrected chi connectivity index (χ0v) is 17.8. The van der Waals surface area contributed by atoms with Crippen LogP contribution in [0.1, 0.15) is 18.4 Å². The lowest BCUT2D eigenvalue weighted by molar-refractivity contribution is 0.262. The van der Waals surface area contributed by atoms with E-state index in [1.807, 2.05) is 25.2 Å². The van der Waals surface area contributed by atoms with Gasteiger partial charge in [0.1, 0.15) is 5.75 Å². The molecule has 1 unspecified atom stereocenters. The van der Waals surface area contributed by atoms with E-state index in [-0.39, 0.29) is 24.0 Å². The maximum absolute atomic E-state index is 5.44. The van der Waals surface area contributed by atoms with Crippen molar-refractivity contribution in [1.29, 1.82) is 0 Å². The molecule has 24 heavy (non-hydrogen) atoms. The molecule has 6 heteroatoms. The highest BCUT2D eigenvalue weighted by atomic mass is 127. The van der Waals surface area contributed by atoms with E-state index >= 15 is 0 Å². The van der Waals surface area contributed by atoms with Gasteiger partial charge in [-0.3, -0.25) is 4.99 Å². The van der Waals surface area contributed by atoms with Gasteiger partial charge in [-0.25, -0.2) is 0 Å². The van der Waals surface area contributed by atoms with E-state index in [4.69, 9.17) is 4.74 Å². The minimum absolute atomic E-state index is 0. The second-order valence-corrected chi connectivity index (χ2v) is 6.46. The molecule has 0 aromatic heterocycles. The van der Waals surface area contributed by atoms with Gasteiger partial charge in [0.05, 0.1) is 7.11 Å². The van der Waals surface area contributed by atoms with E-state index in [2.05, 4.69) is 47.3 Å². The summed E-state index contributed by atoms with van der Waals surface area (Å²) in [4.78, 5) is 8.88. The minimum atomic E-state index is 0. The summed E-state index contributed by atoms with van der Waals surface area (Å²) in [5, 5.41) is 3.52. The number of hydrogen-bond acceptors (Lipinski definition) is 3. The SMILES string of the molecule is CN=C(NCC(C1CC1)N(C)C)N(C)Cc1ccccc1OC.I. The summed E-state index contributed by atoms with van der Waals surface area (Å²) in [5.41, 5.74) is 1.16. The van der Waals surface area contributed by atoms with Crippen molar-refractivity contribution < 1.29 is 4.74 Å². The van der Waals surface area contributed by atoms with Crippen LogP contribution in [0.25, 0.3) is 0 Å². The molecule has 1 fully saturated rings. The van der Waals surface area contributed by atoms with Gasteiger partial charge in [0.2, 0.25) is 0 Å². The molecule has 1 saturated carbocycles. The van der Waals surface area contributed by atoms with E-state index in [1.54, 1.807) is 7.11 Å². The molecule has 0 radical (unpaired) electrons. The summed E-state index contributed by atoms with van der Waals surface area (Å²) in [6.45, 7) is 1.69. The molecule has 1 aromatic carbocycles. The van der Waals surface area contributed by atoms with Crippen LogP contribution in [0.2, 0.25) is 0 Å². The number of benzene rings is 1. The van der Waals surface area contributed by atoms with Gasteiger partial charge in [-0.15, -0.1) is 24.0 Å². The average Bonchev–Trinajstić information content (AvgIpc) is 3.36. The van der Waals surface area contributed by atoms with Crippen LogP contribution in [0.4, 0.5) is 0 Å². The van der Waals surface area contributed by atoms with Gasteiger partial charge < -0.3 is 19.9 Å². The van der Waals surface area contributed by atoms with Crippen LogP contribution >= 0.6 is 24.0 Å². The van der Waals surface area contributed by atoms with Gasteiger partial charge in [0.25, 0.3) is 0 Å². The van der Waals surface area contributed by atoms with Gasteiger partial charge in [0.15, 0.2) is 5.96 Å². The summed E-state index contributed by atoms with van der Waals surface area (Å²) in [5.74, 6) is 2.66. The lowest BCUT2D eigenvalue weighted by Gasteiger charge is -2.28. The van der Waals surface area contributed by atoms with Crippen LogP contribution in [0.5, 0.6) is 5.75 Å². The topological polar surface area (TPSA) is 40.1 Å². The molecule has 0 saturated heterocycles. The number of rotatable bonds is 7. The monoisotopic (exact) mass is 446 g/mol. The van der Waals surface area contributed by atoms with Crippen LogP contribution in [0.15, 0.2) is 29.3 Å². The van der Waals surface area contributed by atoms with Crippen molar-refractivity contribution in [2.75, 3.05) is 41.8 Å². The molecule has 136 valence electrons. The number of para-hydroxylation sites is 1. The van der Waals surface area contributed by atoms with Gasteiger partial charge in [-0.1, -0.05) is 18.2 Å². The first kappa shape index (κ1) is 21.0. The fourth-order valence-corrected chi connectivity index (χ4v) is 3.00. The Kier molecular flexibility index (Phi) is 8.83. The van der Waals surface area contributed by atoms with Crippen LogP contribution in [-0.4, -0.2) is 63.6 Å². The molecular weight excluding hydrogens is 415 g/mol. The Morgan fingerprint density at radius 3 is 2.50 bits per heavy atom. The van der Waals surface area contributed by atoms with E-state index in [1.165, 1.54) is 12.8 Å². The third-order valence-electron chi connectivity index (χ3n) is 4.47. The van der Waals surface area contributed by atoms with Crippen molar-refractivity contribution in [2.45, 2.75) is 25.4 Å². The lowest BCUT2D eigenvalue weighted by atomic mass is 10.1. The maximum atomic E-state index is 5.44. The van der Waals surface area contributed by atoms with E-state index in [0.29, 0.717) is 6.04 Å². The van der Waals surface area contributed by atoms with Gasteiger partial charge >= 0.3 is 0 Å². The molecule has 1 aliphatic rings. The number of ether oxygens (including phenoxy) is 1. The molecular formula is C18H31IN4O. The Morgan fingerprint density at radius 1 is 1.29 bits per heavy atom. The normalized spacial score (nSPS) is 15.7. The average molecular weight is 446 g/mol. The Morgan fingerprint density at radius 2 is 1.96 bits per heavy atom. The first-order chi connectivity index (χ1) is 11.1. The second kappa shape index (κ2) is 10.1. The molecule has 5 nitrogen and oxygen atoms in total. The number of nitrogens with zero attached hydrogens (tertiary/aromatic N) is 3. The van der Waals surface area contributed by atoms with Crippen molar-refractivity contribution in [3.63, 3.8) is 0 Å². The van der Waals surface area contributed by atoms with E-state index in [9.17, 15) is 0 Å². The second-order valence-electron chi connectivity index (χ2n) is 6.46. The maximum Gasteiger partial charge on any atom is 0.193 e. The lowest BCUT2D eigenvalue weighted by Crippen LogP contribution is -2.46. The Labute approximate surface area is 163 Å². The number of guanidine groups is 1. The minimum Gasteiger partial charge on any atom is -0.496 e. The Hall–Kier alpha value is -1.02. The van der Waals surface area contributed by atoms with E-state index < -0.39 is 0 Å². The number of hydrogen-bond donors (Lipinski definition) is 1. The molecule has 1 aromatic rings. The molecule has 2 rings (SSSR count). The summed E-state index contributed by atoms with van der Waals surface area (Å²) >= 11 is 0. The molecule has 0 heterocycles. The zero-order chi connectivity index (χ0) is 16.8. The fourth-order valence-electron chi connectivity index (χ4n) is 3.00. The number of aliphatic imine (C=N–C) groups is 1.